The van der Waals surface area contributed by atoms with Gasteiger partial charge in [0, 0.05) is 26.2 Å². The van der Waals surface area contributed by atoms with Gasteiger partial charge in [-0.05, 0) is 13.3 Å². The number of carbonyl (C=O) groups is 1. The van der Waals surface area contributed by atoms with E-state index in [1.165, 1.54) is 11.3 Å². The Kier molecular flexibility index (Phi) is 4.24. The first kappa shape index (κ1) is 12.9. The van der Waals surface area contributed by atoms with Crippen molar-refractivity contribution in [1.29, 1.82) is 0 Å². The smallest absolute Gasteiger partial charge is 0.409 e. The summed E-state index contributed by atoms with van der Waals surface area (Å²) in [6.07, 6.45) is 0.625. The summed E-state index contributed by atoms with van der Waals surface area (Å²) in [5.41, 5.74) is 0. The Bertz CT molecular complexity index is 410. The third kappa shape index (κ3) is 3.04. The largest absolute Gasteiger partial charge is 0.493 e. The van der Waals surface area contributed by atoms with Crippen LogP contribution in [-0.2, 0) is 4.74 Å². The summed E-state index contributed by atoms with van der Waals surface area (Å²) in [5.74, 6) is 0.0569. The molecule has 1 aromatic rings. The van der Waals surface area contributed by atoms with E-state index >= 15 is 0 Å². The van der Waals surface area contributed by atoms with Crippen molar-refractivity contribution in [2.75, 3.05) is 37.7 Å². The van der Waals surface area contributed by atoms with E-state index in [-0.39, 0.29) is 12.0 Å². The van der Waals surface area contributed by atoms with Crippen LogP contribution in [-0.4, -0.2) is 53.9 Å². The SMILES string of the molecule is CCOC(=O)N1CCCN(c2nc(O)cs2)CC1. The van der Waals surface area contributed by atoms with E-state index in [1.807, 2.05) is 0 Å². The van der Waals surface area contributed by atoms with Gasteiger partial charge in [0.1, 0.15) is 0 Å². The van der Waals surface area contributed by atoms with Gasteiger partial charge in [-0.1, -0.05) is 0 Å². The monoisotopic (exact) mass is 271 g/mol. The lowest BCUT2D eigenvalue weighted by atomic mass is 10.4. The van der Waals surface area contributed by atoms with Crippen LogP contribution in [0, 0.1) is 0 Å². The Morgan fingerprint density at radius 2 is 2.33 bits per heavy atom. The second kappa shape index (κ2) is 5.90. The predicted octanol–water partition coefficient (Wildman–Crippen LogP) is 1.52. The second-order valence-electron chi connectivity index (χ2n) is 4.01. The van der Waals surface area contributed by atoms with Crippen LogP contribution in [0.25, 0.3) is 0 Å². The molecule has 7 heteroatoms. The Labute approximate surface area is 110 Å². The normalized spacial score (nSPS) is 16.5. The number of anilines is 1. The van der Waals surface area contributed by atoms with Crippen molar-refractivity contribution < 1.29 is 14.6 Å². The lowest BCUT2D eigenvalue weighted by Crippen LogP contribution is -2.35. The molecule has 2 heterocycles. The van der Waals surface area contributed by atoms with Crippen molar-refractivity contribution in [3.8, 4) is 5.88 Å². The quantitative estimate of drug-likeness (QED) is 0.883. The number of rotatable bonds is 2. The van der Waals surface area contributed by atoms with Crippen LogP contribution in [0.4, 0.5) is 9.93 Å². The molecule has 0 unspecified atom stereocenters. The Balaban J connectivity index is 1.94. The Morgan fingerprint density at radius 3 is 3.00 bits per heavy atom. The van der Waals surface area contributed by atoms with Crippen molar-refractivity contribution in [2.24, 2.45) is 0 Å². The predicted molar refractivity (Wildman–Crippen MR) is 69.2 cm³/mol. The molecule has 18 heavy (non-hydrogen) atoms. The maximum Gasteiger partial charge on any atom is 0.409 e. The summed E-state index contributed by atoms with van der Waals surface area (Å²) in [6, 6.07) is 0. The van der Waals surface area contributed by atoms with E-state index in [0.29, 0.717) is 26.2 Å². The number of aromatic nitrogens is 1. The van der Waals surface area contributed by atoms with Crippen molar-refractivity contribution in [3.05, 3.63) is 5.38 Å². The van der Waals surface area contributed by atoms with Crippen LogP contribution in [0.5, 0.6) is 5.88 Å². The molecule has 2 rings (SSSR count). The molecule has 1 aliphatic rings. The Morgan fingerprint density at radius 1 is 1.50 bits per heavy atom. The van der Waals surface area contributed by atoms with Gasteiger partial charge in [-0.2, -0.15) is 4.98 Å². The fraction of sp³-hybridized carbons (Fsp3) is 0.636. The molecule has 0 aromatic carbocycles. The second-order valence-corrected chi connectivity index (χ2v) is 4.85. The molecular formula is C11H17N3O3S. The molecular weight excluding hydrogens is 254 g/mol. The summed E-state index contributed by atoms with van der Waals surface area (Å²) in [6.45, 7) is 5.08. The highest BCUT2D eigenvalue weighted by Gasteiger charge is 2.21. The van der Waals surface area contributed by atoms with Gasteiger partial charge in [0.25, 0.3) is 0 Å². The zero-order valence-corrected chi connectivity index (χ0v) is 11.2. The molecule has 0 radical (unpaired) electrons. The molecule has 0 atom stereocenters. The molecule has 1 aromatic heterocycles. The first-order valence-corrected chi connectivity index (χ1v) is 6.90. The first-order chi connectivity index (χ1) is 8.70. The maximum atomic E-state index is 11.6. The van der Waals surface area contributed by atoms with Crippen molar-refractivity contribution in [3.63, 3.8) is 0 Å². The average Bonchev–Trinajstić information content (AvgIpc) is 2.65. The van der Waals surface area contributed by atoms with Gasteiger partial charge < -0.3 is 19.6 Å². The summed E-state index contributed by atoms with van der Waals surface area (Å²) < 4.78 is 5.00. The van der Waals surface area contributed by atoms with E-state index in [9.17, 15) is 9.90 Å². The molecule has 1 fully saturated rings. The van der Waals surface area contributed by atoms with Gasteiger partial charge >= 0.3 is 6.09 Å². The van der Waals surface area contributed by atoms with Gasteiger partial charge in [-0.15, -0.1) is 11.3 Å². The fourth-order valence-corrected chi connectivity index (χ4v) is 2.65. The van der Waals surface area contributed by atoms with E-state index in [2.05, 4.69) is 9.88 Å². The fourth-order valence-electron chi connectivity index (χ4n) is 1.91. The third-order valence-corrected chi connectivity index (χ3v) is 3.66. The average molecular weight is 271 g/mol. The number of nitrogens with zero attached hydrogens (tertiary/aromatic N) is 3. The van der Waals surface area contributed by atoms with Crippen LogP contribution in [0.1, 0.15) is 13.3 Å². The number of amides is 1. The van der Waals surface area contributed by atoms with Crippen molar-refractivity contribution >= 4 is 22.6 Å². The van der Waals surface area contributed by atoms with E-state index < -0.39 is 0 Å². The van der Waals surface area contributed by atoms with Gasteiger partial charge in [0.2, 0.25) is 5.88 Å². The highest BCUT2D eigenvalue weighted by atomic mass is 32.1. The number of aromatic hydroxyl groups is 1. The van der Waals surface area contributed by atoms with Crippen LogP contribution in [0.3, 0.4) is 0 Å². The molecule has 0 bridgehead atoms. The minimum Gasteiger partial charge on any atom is -0.493 e. The van der Waals surface area contributed by atoms with E-state index in [4.69, 9.17) is 4.74 Å². The topological polar surface area (TPSA) is 65.9 Å². The van der Waals surface area contributed by atoms with Gasteiger partial charge in [-0.3, -0.25) is 0 Å². The van der Waals surface area contributed by atoms with Crippen LogP contribution >= 0.6 is 11.3 Å². The molecule has 1 aliphatic heterocycles. The zero-order valence-electron chi connectivity index (χ0n) is 10.3. The summed E-state index contributed by atoms with van der Waals surface area (Å²) >= 11 is 1.42. The number of thiazole rings is 1. The highest BCUT2D eigenvalue weighted by Crippen LogP contribution is 2.24. The molecule has 6 nitrogen and oxygen atoms in total. The van der Waals surface area contributed by atoms with Crippen molar-refractivity contribution in [1.82, 2.24) is 9.88 Å². The number of hydrogen-bond acceptors (Lipinski definition) is 6. The molecule has 0 spiro atoms. The third-order valence-electron chi connectivity index (χ3n) is 2.77. The molecule has 1 N–H and O–H groups in total. The minimum absolute atomic E-state index is 0.0569. The van der Waals surface area contributed by atoms with E-state index in [0.717, 1.165) is 18.1 Å². The van der Waals surface area contributed by atoms with Crippen molar-refractivity contribution in [2.45, 2.75) is 13.3 Å². The number of hydrogen-bond donors (Lipinski definition) is 1. The van der Waals surface area contributed by atoms with Gasteiger partial charge in [0.05, 0.1) is 12.0 Å². The van der Waals surface area contributed by atoms with E-state index in [1.54, 1.807) is 17.2 Å². The molecule has 0 aliphatic carbocycles. The van der Waals surface area contributed by atoms with Crippen LogP contribution < -0.4 is 4.90 Å². The lowest BCUT2D eigenvalue weighted by molar-refractivity contribution is 0.110. The number of carbonyl (C=O) groups excluding carboxylic acids is 1. The first-order valence-electron chi connectivity index (χ1n) is 6.02. The molecule has 100 valence electrons. The summed E-state index contributed by atoms with van der Waals surface area (Å²) in [4.78, 5) is 19.5. The molecule has 1 saturated heterocycles. The standard InChI is InChI=1S/C11H17N3O3S/c1-2-17-11(16)14-5-3-4-13(6-7-14)10-12-9(15)8-18-10/h8,15H,2-7H2,1H3. The summed E-state index contributed by atoms with van der Waals surface area (Å²) in [5, 5.41) is 11.7. The maximum absolute atomic E-state index is 11.6. The van der Waals surface area contributed by atoms with Gasteiger partial charge in [-0.25, -0.2) is 4.79 Å². The minimum atomic E-state index is -0.249. The number of ether oxygens (including phenoxy) is 1. The van der Waals surface area contributed by atoms with Crippen LogP contribution in [0.15, 0.2) is 5.38 Å². The molecule has 0 saturated carbocycles. The Hall–Kier alpha value is -1.50. The summed E-state index contributed by atoms with van der Waals surface area (Å²) in [7, 11) is 0. The van der Waals surface area contributed by atoms with Gasteiger partial charge in [0.15, 0.2) is 5.13 Å². The van der Waals surface area contributed by atoms with Crippen LogP contribution in [0.2, 0.25) is 0 Å². The molecule has 1 amide bonds. The highest BCUT2D eigenvalue weighted by molar-refractivity contribution is 7.13. The zero-order chi connectivity index (χ0) is 13.0. The lowest BCUT2D eigenvalue weighted by Gasteiger charge is -2.20.